The first-order valence-electron chi connectivity index (χ1n) is 7.23. The normalized spacial score (nSPS) is 18.4. The molecule has 1 unspecified atom stereocenters. The summed E-state index contributed by atoms with van der Waals surface area (Å²) in [6.07, 6.45) is 4.94. The van der Waals surface area contributed by atoms with Crippen molar-refractivity contribution in [2.75, 3.05) is 6.61 Å². The van der Waals surface area contributed by atoms with Crippen LogP contribution in [0.25, 0.3) is 0 Å². The molecule has 0 radical (unpaired) electrons. The van der Waals surface area contributed by atoms with Crippen molar-refractivity contribution >= 4 is 11.6 Å². The lowest BCUT2D eigenvalue weighted by molar-refractivity contribution is 0.1000. The van der Waals surface area contributed by atoms with Crippen molar-refractivity contribution in [2.24, 2.45) is 21.7 Å². The lowest BCUT2D eigenvalue weighted by atomic mass is 10.2. The molecule has 2 rings (SSSR count). The largest absolute Gasteiger partial charge is 0.492 e. The van der Waals surface area contributed by atoms with Crippen molar-refractivity contribution in [2.45, 2.75) is 26.0 Å². The number of azo groups is 1. The number of amides is 1. The fourth-order valence-electron chi connectivity index (χ4n) is 1.82. The van der Waals surface area contributed by atoms with Gasteiger partial charge in [0, 0.05) is 11.6 Å². The van der Waals surface area contributed by atoms with Gasteiger partial charge in [-0.15, -0.1) is 5.11 Å². The molecule has 1 aliphatic rings. The molecule has 7 heteroatoms. The highest BCUT2D eigenvalue weighted by Crippen LogP contribution is 2.30. The monoisotopic (exact) mass is 316 g/mol. The standard InChI is InChI=1S/C16H20N4O3/c1-10(17)9-23-15-6-5-12(16(18)21)8-14(15)20-19-13-4-3-7-22-11(13)2/h3-8,10-11H,9,17H2,1-2H3,(H2,18,21)/t10-,11?/m1/s1. The molecular weight excluding hydrogens is 296 g/mol. The molecule has 1 aromatic rings. The lowest BCUT2D eigenvalue weighted by Gasteiger charge is -2.14. The van der Waals surface area contributed by atoms with Gasteiger partial charge in [0.15, 0.2) is 0 Å². The highest BCUT2D eigenvalue weighted by molar-refractivity contribution is 5.94. The van der Waals surface area contributed by atoms with Crippen LogP contribution in [0.15, 0.2) is 52.5 Å². The van der Waals surface area contributed by atoms with Crippen LogP contribution in [0.2, 0.25) is 0 Å². The van der Waals surface area contributed by atoms with Gasteiger partial charge < -0.3 is 20.9 Å². The average molecular weight is 316 g/mol. The van der Waals surface area contributed by atoms with Gasteiger partial charge in [-0.25, -0.2) is 0 Å². The summed E-state index contributed by atoms with van der Waals surface area (Å²) >= 11 is 0. The van der Waals surface area contributed by atoms with Crippen molar-refractivity contribution in [3.63, 3.8) is 0 Å². The molecule has 4 N–H and O–H groups in total. The van der Waals surface area contributed by atoms with E-state index in [1.165, 1.54) is 6.07 Å². The average Bonchev–Trinajstić information content (AvgIpc) is 2.52. The summed E-state index contributed by atoms with van der Waals surface area (Å²) in [5.41, 5.74) is 12.4. The number of primary amides is 1. The highest BCUT2D eigenvalue weighted by Gasteiger charge is 2.12. The molecular formula is C16H20N4O3. The first-order valence-corrected chi connectivity index (χ1v) is 7.23. The number of ether oxygens (including phenoxy) is 2. The van der Waals surface area contributed by atoms with Crippen LogP contribution in [0.4, 0.5) is 5.69 Å². The highest BCUT2D eigenvalue weighted by atomic mass is 16.5. The third-order valence-electron chi connectivity index (χ3n) is 3.06. The third kappa shape index (κ3) is 4.65. The summed E-state index contributed by atoms with van der Waals surface area (Å²) in [5.74, 6) is -0.0618. The van der Waals surface area contributed by atoms with Crippen LogP contribution in [0.1, 0.15) is 24.2 Å². The first kappa shape index (κ1) is 16.7. The predicted molar refractivity (Wildman–Crippen MR) is 86.4 cm³/mol. The molecule has 122 valence electrons. The van der Waals surface area contributed by atoms with E-state index in [4.69, 9.17) is 20.9 Å². The van der Waals surface area contributed by atoms with Gasteiger partial charge in [-0.05, 0) is 44.2 Å². The Balaban J connectivity index is 2.29. The fraction of sp³-hybridized carbons (Fsp3) is 0.312. The minimum Gasteiger partial charge on any atom is -0.492 e. The zero-order valence-electron chi connectivity index (χ0n) is 13.1. The minimum absolute atomic E-state index is 0.129. The number of carbonyl (C=O) groups excluding carboxylic acids is 1. The number of allylic oxidation sites excluding steroid dienone is 2. The van der Waals surface area contributed by atoms with Crippen molar-refractivity contribution in [1.29, 1.82) is 0 Å². The zero-order valence-corrected chi connectivity index (χ0v) is 13.1. The Labute approximate surface area is 134 Å². The molecule has 7 nitrogen and oxygen atoms in total. The Kier molecular flexibility index (Phi) is 5.48. The zero-order chi connectivity index (χ0) is 16.8. The molecule has 1 heterocycles. The van der Waals surface area contributed by atoms with Crippen molar-refractivity contribution in [1.82, 2.24) is 0 Å². The minimum atomic E-state index is -0.545. The summed E-state index contributed by atoms with van der Waals surface area (Å²) in [4.78, 5) is 11.3. The maximum Gasteiger partial charge on any atom is 0.248 e. The predicted octanol–water partition coefficient (Wildman–Crippen LogP) is 2.41. The topological polar surface area (TPSA) is 112 Å². The second-order valence-electron chi connectivity index (χ2n) is 5.23. The SMILES string of the molecule is CC1OC=CC=C1N=Nc1cc(C(N)=O)ccc1OC[C@@H](C)N. The van der Waals surface area contributed by atoms with Crippen LogP contribution >= 0.6 is 0 Å². The Hall–Kier alpha value is -2.67. The molecule has 0 fully saturated rings. The van der Waals surface area contributed by atoms with E-state index < -0.39 is 5.91 Å². The Bertz CT molecular complexity index is 665. The molecule has 1 aliphatic heterocycles. The first-order chi connectivity index (χ1) is 11.0. The second-order valence-corrected chi connectivity index (χ2v) is 5.23. The Morgan fingerprint density at radius 3 is 2.87 bits per heavy atom. The molecule has 2 atom stereocenters. The van der Waals surface area contributed by atoms with Crippen LogP contribution in [0.3, 0.4) is 0 Å². The summed E-state index contributed by atoms with van der Waals surface area (Å²) in [6, 6.07) is 4.61. The van der Waals surface area contributed by atoms with E-state index in [2.05, 4.69) is 10.2 Å². The van der Waals surface area contributed by atoms with Crippen LogP contribution in [0, 0.1) is 0 Å². The van der Waals surface area contributed by atoms with Gasteiger partial charge in [-0.3, -0.25) is 4.79 Å². The molecule has 1 aromatic carbocycles. The van der Waals surface area contributed by atoms with Gasteiger partial charge in [0.1, 0.15) is 29.8 Å². The summed E-state index contributed by atoms with van der Waals surface area (Å²) in [6.45, 7) is 4.02. The Morgan fingerprint density at radius 2 is 2.22 bits per heavy atom. The van der Waals surface area contributed by atoms with Gasteiger partial charge >= 0.3 is 0 Å². The fourth-order valence-corrected chi connectivity index (χ4v) is 1.82. The molecule has 1 amide bonds. The molecule has 0 spiro atoms. The quantitative estimate of drug-likeness (QED) is 0.785. The second kappa shape index (κ2) is 7.55. The number of carbonyl (C=O) groups is 1. The van der Waals surface area contributed by atoms with E-state index in [9.17, 15) is 4.79 Å². The van der Waals surface area contributed by atoms with Gasteiger partial charge in [0.25, 0.3) is 0 Å². The van der Waals surface area contributed by atoms with Gasteiger partial charge in [-0.1, -0.05) is 0 Å². The van der Waals surface area contributed by atoms with Gasteiger partial charge in [-0.2, -0.15) is 5.11 Å². The maximum atomic E-state index is 11.3. The molecule has 0 saturated heterocycles. The maximum absolute atomic E-state index is 11.3. The van der Waals surface area contributed by atoms with E-state index in [1.807, 2.05) is 13.8 Å². The van der Waals surface area contributed by atoms with Crippen LogP contribution in [-0.4, -0.2) is 24.7 Å². The molecule has 23 heavy (non-hydrogen) atoms. The number of hydrogen-bond acceptors (Lipinski definition) is 6. The Morgan fingerprint density at radius 1 is 1.43 bits per heavy atom. The number of nitrogens with zero attached hydrogens (tertiary/aromatic N) is 2. The molecule has 0 bridgehead atoms. The van der Waals surface area contributed by atoms with E-state index in [1.54, 1.807) is 30.5 Å². The van der Waals surface area contributed by atoms with Gasteiger partial charge in [0.05, 0.1) is 6.26 Å². The summed E-state index contributed by atoms with van der Waals surface area (Å²) in [7, 11) is 0. The molecule has 0 aliphatic carbocycles. The van der Waals surface area contributed by atoms with Crippen LogP contribution in [-0.2, 0) is 4.74 Å². The van der Waals surface area contributed by atoms with Crippen LogP contribution < -0.4 is 16.2 Å². The lowest BCUT2D eigenvalue weighted by Crippen LogP contribution is -2.23. The van der Waals surface area contributed by atoms with Crippen molar-refractivity contribution in [3.8, 4) is 5.75 Å². The number of hydrogen-bond donors (Lipinski definition) is 2. The van der Waals surface area contributed by atoms with E-state index in [0.717, 1.165) is 0 Å². The van der Waals surface area contributed by atoms with Crippen LogP contribution in [0.5, 0.6) is 5.75 Å². The van der Waals surface area contributed by atoms with E-state index >= 15 is 0 Å². The smallest absolute Gasteiger partial charge is 0.248 e. The summed E-state index contributed by atoms with van der Waals surface area (Å²) in [5, 5.41) is 8.34. The summed E-state index contributed by atoms with van der Waals surface area (Å²) < 4.78 is 10.9. The van der Waals surface area contributed by atoms with Crippen molar-refractivity contribution in [3.05, 3.63) is 47.9 Å². The van der Waals surface area contributed by atoms with Crippen molar-refractivity contribution < 1.29 is 14.3 Å². The number of rotatable bonds is 6. The molecule has 0 saturated carbocycles. The third-order valence-corrected chi connectivity index (χ3v) is 3.06. The van der Waals surface area contributed by atoms with E-state index in [0.29, 0.717) is 29.3 Å². The van der Waals surface area contributed by atoms with E-state index in [-0.39, 0.29) is 12.1 Å². The molecule has 0 aromatic heterocycles. The van der Waals surface area contributed by atoms with Gasteiger partial charge in [0.2, 0.25) is 5.91 Å². The number of benzene rings is 1. The number of nitrogens with two attached hydrogens (primary N) is 2.